The average molecular weight is 341 g/mol. The van der Waals surface area contributed by atoms with Crippen molar-refractivity contribution in [2.75, 3.05) is 13.7 Å². The van der Waals surface area contributed by atoms with Crippen LogP contribution in [0.1, 0.15) is 18.0 Å². The molecule has 1 aromatic heterocycles. The molecule has 1 amide bonds. The summed E-state index contributed by atoms with van der Waals surface area (Å²) in [6.07, 6.45) is 2.03. The lowest BCUT2D eigenvalue weighted by atomic mass is 10.1. The van der Waals surface area contributed by atoms with Gasteiger partial charge < -0.3 is 14.6 Å². The van der Waals surface area contributed by atoms with Crippen molar-refractivity contribution in [3.05, 3.63) is 66.2 Å². The zero-order valence-electron chi connectivity index (χ0n) is 14.0. The number of ether oxygens (including phenoxy) is 1. The average Bonchev–Trinajstić information content (AvgIpc) is 3.03. The number of para-hydroxylation sites is 2. The molecule has 0 radical (unpaired) electrons. The molecule has 0 aliphatic rings. The molecule has 0 spiro atoms. The van der Waals surface area contributed by atoms with E-state index in [0.29, 0.717) is 13.2 Å². The number of fused-ring (bicyclic) bond motifs is 1. The second-order valence-corrected chi connectivity index (χ2v) is 5.80. The van der Waals surface area contributed by atoms with Crippen LogP contribution in [0.4, 0.5) is 4.39 Å². The maximum absolute atomic E-state index is 13.2. The van der Waals surface area contributed by atoms with Crippen LogP contribution in [-0.4, -0.2) is 29.2 Å². The summed E-state index contributed by atoms with van der Waals surface area (Å²) in [5.74, 6) is -0.415. The van der Waals surface area contributed by atoms with Crippen molar-refractivity contribution in [2.24, 2.45) is 0 Å². The van der Waals surface area contributed by atoms with Crippen molar-refractivity contribution in [3.63, 3.8) is 0 Å². The summed E-state index contributed by atoms with van der Waals surface area (Å²) in [6.45, 7) is 0.862. The van der Waals surface area contributed by atoms with Gasteiger partial charge in [-0.2, -0.15) is 0 Å². The van der Waals surface area contributed by atoms with Crippen molar-refractivity contribution < 1.29 is 13.9 Å². The van der Waals surface area contributed by atoms with Gasteiger partial charge >= 0.3 is 0 Å². The summed E-state index contributed by atoms with van der Waals surface area (Å²) < 4.78 is 20.2. The maximum Gasteiger partial charge on any atom is 0.222 e. The van der Waals surface area contributed by atoms with E-state index in [2.05, 4.69) is 10.3 Å². The lowest BCUT2D eigenvalue weighted by Gasteiger charge is -2.20. The van der Waals surface area contributed by atoms with Gasteiger partial charge in [-0.25, -0.2) is 9.37 Å². The predicted octanol–water partition coefficient (Wildman–Crippen LogP) is 3.07. The number of nitrogens with zero attached hydrogens (tertiary/aromatic N) is 2. The van der Waals surface area contributed by atoms with Gasteiger partial charge in [0.1, 0.15) is 5.82 Å². The molecule has 6 heteroatoms. The second-order valence-electron chi connectivity index (χ2n) is 5.80. The van der Waals surface area contributed by atoms with Crippen LogP contribution in [0.2, 0.25) is 0 Å². The highest BCUT2D eigenvalue weighted by Crippen LogP contribution is 2.20. The molecule has 1 unspecified atom stereocenters. The Kier molecular flexibility index (Phi) is 5.40. The quantitative estimate of drug-likeness (QED) is 0.718. The third-order valence-electron chi connectivity index (χ3n) is 4.05. The highest BCUT2D eigenvalue weighted by molar-refractivity contribution is 5.77. The molecule has 0 saturated carbocycles. The number of rotatable bonds is 7. The molecular formula is C19H20FN3O2. The lowest BCUT2D eigenvalue weighted by molar-refractivity contribution is -0.122. The van der Waals surface area contributed by atoms with Crippen LogP contribution >= 0.6 is 0 Å². The molecule has 1 N–H and O–H groups in total. The van der Waals surface area contributed by atoms with Crippen LogP contribution in [0, 0.1) is 5.82 Å². The Hall–Kier alpha value is -2.73. The van der Waals surface area contributed by atoms with Crippen LogP contribution < -0.4 is 5.32 Å². The summed E-state index contributed by atoms with van der Waals surface area (Å²) in [6, 6.07) is 13.7. The Morgan fingerprint density at radius 1 is 1.24 bits per heavy atom. The van der Waals surface area contributed by atoms with Crippen molar-refractivity contribution in [3.8, 4) is 0 Å². The zero-order chi connectivity index (χ0) is 17.6. The molecule has 0 aliphatic heterocycles. The normalized spacial score (nSPS) is 12.2. The summed E-state index contributed by atoms with van der Waals surface area (Å²) in [4.78, 5) is 16.5. The van der Waals surface area contributed by atoms with Gasteiger partial charge in [-0.15, -0.1) is 0 Å². The first kappa shape index (κ1) is 17.1. The first-order chi connectivity index (χ1) is 12.2. The molecule has 0 bridgehead atoms. The van der Waals surface area contributed by atoms with Crippen LogP contribution in [0.15, 0.2) is 54.9 Å². The Bertz CT molecular complexity index is 845. The van der Waals surface area contributed by atoms with Gasteiger partial charge in [0.25, 0.3) is 0 Å². The van der Waals surface area contributed by atoms with Gasteiger partial charge in [0.15, 0.2) is 0 Å². The van der Waals surface area contributed by atoms with Crippen molar-refractivity contribution in [1.82, 2.24) is 14.9 Å². The molecule has 1 atom stereocenters. The number of carbonyl (C=O) groups excluding carboxylic acids is 1. The predicted molar refractivity (Wildman–Crippen MR) is 93.5 cm³/mol. The summed E-state index contributed by atoms with van der Waals surface area (Å²) in [5, 5.41) is 3.00. The number of hydrogen-bond acceptors (Lipinski definition) is 3. The monoisotopic (exact) mass is 341 g/mol. The molecule has 3 rings (SSSR count). The number of aromatic nitrogens is 2. The Morgan fingerprint density at radius 2 is 2.00 bits per heavy atom. The van der Waals surface area contributed by atoms with Crippen molar-refractivity contribution >= 4 is 16.9 Å². The van der Waals surface area contributed by atoms with E-state index in [0.717, 1.165) is 16.6 Å². The van der Waals surface area contributed by atoms with E-state index in [-0.39, 0.29) is 24.2 Å². The van der Waals surface area contributed by atoms with E-state index in [1.165, 1.54) is 12.1 Å². The van der Waals surface area contributed by atoms with Crippen molar-refractivity contribution in [2.45, 2.75) is 19.0 Å². The van der Waals surface area contributed by atoms with Crippen LogP contribution in [0.3, 0.4) is 0 Å². The number of halogens is 1. The van der Waals surface area contributed by atoms with Gasteiger partial charge in [0.05, 0.1) is 30.0 Å². The van der Waals surface area contributed by atoms with E-state index in [1.807, 2.05) is 28.8 Å². The Balaban J connectivity index is 1.85. The third kappa shape index (κ3) is 4.22. The second kappa shape index (κ2) is 7.90. The molecule has 0 aliphatic carbocycles. The fourth-order valence-electron chi connectivity index (χ4n) is 2.74. The number of methoxy groups -OCH3 is 1. The minimum Gasteiger partial charge on any atom is -0.384 e. The molecule has 2 aromatic carbocycles. The number of benzene rings is 2. The Morgan fingerprint density at radius 3 is 2.76 bits per heavy atom. The smallest absolute Gasteiger partial charge is 0.222 e. The zero-order valence-corrected chi connectivity index (χ0v) is 14.0. The first-order valence-corrected chi connectivity index (χ1v) is 8.11. The van der Waals surface area contributed by atoms with Gasteiger partial charge in [-0.1, -0.05) is 24.3 Å². The van der Waals surface area contributed by atoms with Gasteiger partial charge in [-0.05, 0) is 29.8 Å². The van der Waals surface area contributed by atoms with Crippen LogP contribution in [0.5, 0.6) is 0 Å². The van der Waals surface area contributed by atoms with Gasteiger partial charge in [0, 0.05) is 20.1 Å². The first-order valence-electron chi connectivity index (χ1n) is 8.11. The van der Waals surface area contributed by atoms with Crippen LogP contribution in [-0.2, 0) is 16.1 Å². The maximum atomic E-state index is 13.2. The van der Waals surface area contributed by atoms with Gasteiger partial charge in [0.2, 0.25) is 5.91 Å². The molecule has 3 aromatic rings. The number of carbonyl (C=O) groups is 1. The van der Waals surface area contributed by atoms with E-state index in [1.54, 1.807) is 25.6 Å². The SMILES string of the molecule is COCCC(=O)NC(Cn1cnc2ccccc21)c1ccc(F)cc1. The van der Waals surface area contributed by atoms with E-state index >= 15 is 0 Å². The minimum absolute atomic E-state index is 0.111. The van der Waals surface area contributed by atoms with E-state index < -0.39 is 0 Å². The van der Waals surface area contributed by atoms with Crippen LogP contribution in [0.25, 0.3) is 11.0 Å². The highest BCUT2D eigenvalue weighted by Gasteiger charge is 2.16. The molecular weight excluding hydrogens is 321 g/mol. The van der Waals surface area contributed by atoms with Gasteiger partial charge in [-0.3, -0.25) is 4.79 Å². The molecule has 0 saturated heterocycles. The Labute approximate surface area is 145 Å². The number of hydrogen-bond donors (Lipinski definition) is 1. The number of amides is 1. The minimum atomic E-state index is -0.304. The topological polar surface area (TPSA) is 56.1 Å². The molecule has 25 heavy (non-hydrogen) atoms. The summed E-state index contributed by atoms with van der Waals surface area (Å²) in [7, 11) is 1.56. The van der Waals surface area contributed by atoms with E-state index in [9.17, 15) is 9.18 Å². The lowest BCUT2D eigenvalue weighted by Crippen LogP contribution is -2.31. The largest absolute Gasteiger partial charge is 0.384 e. The fraction of sp³-hybridized carbons (Fsp3) is 0.263. The van der Waals surface area contributed by atoms with Crippen molar-refractivity contribution in [1.29, 1.82) is 0 Å². The molecule has 5 nitrogen and oxygen atoms in total. The standard InChI is InChI=1S/C19H20FN3O2/c1-25-11-10-19(24)22-17(14-6-8-15(20)9-7-14)12-23-13-21-16-4-2-3-5-18(16)23/h2-9,13,17H,10-12H2,1H3,(H,22,24). The number of imidazole rings is 1. The fourth-order valence-corrected chi connectivity index (χ4v) is 2.74. The van der Waals surface area contributed by atoms with E-state index in [4.69, 9.17) is 4.74 Å². The molecule has 0 fully saturated rings. The summed E-state index contributed by atoms with van der Waals surface area (Å²) >= 11 is 0. The number of nitrogens with one attached hydrogen (secondary N) is 1. The molecule has 1 heterocycles. The highest BCUT2D eigenvalue weighted by atomic mass is 19.1. The third-order valence-corrected chi connectivity index (χ3v) is 4.05. The summed E-state index contributed by atoms with van der Waals surface area (Å²) in [5.41, 5.74) is 2.72. The molecule has 130 valence electrons.